The molecule has 0 aromatic carbocycles. The van der Waals surface area contributed by atoms with Crippen LogP contribution in [0.3, 0.4) is 0 Å². The van der Waals surface area contributed by atoms with Gasteiger partial charge in [-0.15, -0.1) is 4.66 Å². The van der Waals surface area contributed by atoms with Crippen LogP contribution in [0, 0.1) is 11.3 Å². The first-order valence-electron chi connectivity index (χ1n) is 0.323. The third kappa shape index (κ3) is 965. The summed E-state index contributed by atoms with van der Waals surface area (Å²) in [5, 5.41) is 0. The monoisotopic (exact) mass is 202 g/mol. The van der Waals surface area contributed by atoms with E-state index in [-0.39, 0.29) is 70.1 Å². The number of halogens is 1. The maximum Gasteiger partial charge on any atom is 2.00 e. The third-order valence-electron chi connectivity index (χ3n) is 0. The Morgan fingerprint density at radius 2 is 0.900 bits per heavy atom. The molecule has 0 atom stereocenters. The molecule has 0 aliphatic heterocycles. The quantitative estimate of drug-likeness (QED) is 0.377. The number of hydrogen-bond donors (Lipinski definition) is 1. The van der Waals surface area contributed by atoms with Crippen LogP contribution in [0.1, 0.15) is 2.85 Å². The SMILES string of the molecule is O.O.O.O.O.O.[H-].[H-].[Mg+2].[O-][Cl+]O. The Kier molecular flexibility index (Phi) is 3350. The van der Waals surface area contributed by atoms with Gasteiger partial charge in [0.15, 0.2) is 0 Å². The summed E-state index contributed by atoms with van der Waals surface area (Å²) in [6, 6.07) is 0. The van der Waals surface area contributed by atoms with Gasteiger partial charge < -0.3 is 40.4 Å². The topological polar surface area (TPSA) is 232 Å². The van der Waals surface area contributed by atoms with E-state index < -0.39 is 0 Å². The molecule has 0 aromatic rings. The number of hydrogen-bond acceptors (Lipinski definition) is 2. The van der Waals surface area contributed by atoms with Crippen LogP contribution in [-0.4, -0.2) is 60.6 Å². The van der Waals surface area contributed by atoms with Crippen molar-refractivity contribution in [2.45, 2.75) is 0 Å². The van der Waals surface area contributed by atoms with Gasteiger partial charge in [0.2, 0.25) is 0 Å². The molecule has 0 rings (SSSR count). The first-order valence-corrected chi connectivity index (χ1v) is 0.970. The molecule has 0 saturated heterocycles. The average molecular weight is 203 g/mol. The van der Waals surface area contributed by atoms with Gasteiger partial charge in [-0.25, -0.2) is 0 Å². The van der Waals surface area contributed by atoms with Crippen molar-refractivity contribution in [1.82, 2.24) is 0 Å². The van der Waals surface area contributed by atoms with Crippen LogP contribution >= 0.6 is 0 Å². The van der Waals surface area contributed by atoms with E-state index in [9.17, 15) is 0 Å². The van der Waals surface area contributed by atoms with Gasteiger partial charge in [-0.3, -0.25) is 0 Å². The van der Waals surface area contributed by atoms with E-state index in [0.29, 0.717) is 0 Å². The smallest absolute Gasteiger partial charge is 1.00 e. The minimum atomic E-state index is -0.167. The van der Waals surface area contributed by atoms with Gasteiger partial charge in [0.25, 0.3) is 0 Å². The summed E-state index contributed by atoms with van der Waals surface area (Å²) in [5.41, 5.74) is 0. The van der Waals surface area contributed by atoms with Crippen molar-refractivity contribution in [1.29, 1.82) is 0 Å². The average Bonchev–Trinajstić information content (AvgIpc) is 0.918. The van der Waals surface area contributed by atoms with E-state index in [0.717, 1.165) is 0 Å². The molecule has 0 saturated carbocycles. The minimum absolute atomic E-state index is 0. The Morgan fingerprint density at radius 1 is 0.900 bits per heavy atom. The molecule has 8 nitrogen and oxygen atoms in total. The standard InChI is InChI=1S/ClHO2.Mg.6H2O.2H/c2-1-3;;;;;;;;;/h2H;;6*1H2;;/q;+2;;;;;;;2*-1. The van der Waals surface area contributed by atoms with Gasteiger partial charge in [0.05, 0.1) is 0 Å². The van der Waals surface area contributed by atoms with E-state index in [2.05, 4.69) is 0 Å². The van der Waals surface area contributed by atoms with E-state index in [4.69, 9.17) is 9.32 Å². The van der Waals surface area contributed by atoms with Gasteiger partial charge in [-0.05, 0) is 0 Å². The molecule has 0 radical (unpaired) electrons. The molecule has 0 unspecified atom stereocenters. The first kappa shape index (κ1) is 136. The Morgan fingerprint density at radius 3 is 0.900 bits per heavy atom. The summed E-state index contributed by atoms with van der Waals surface area (Å²) < 4.78 is 15.2. The maximum atomic E-state index is 8.35. The molecular formula is H15ClMgO8. The minimum Gasteiger partial charge on any atom is -1.00 e. The second-order valence-electron chi connectivity index (χ2n) is 0.0690. The summed E-state index contributed by atoms with van der Waals surface area (Å²) in [6.45, 7) is 0. The zero-order valence-electron chi connectivity index (χ0n) is 6.94. The van der Waals surface area contributed by atoms with E-state index in [1.807, 2.05) is 0 Å². The van der Waals surface area contributed by atoms with E-state index in [1.165, 1.54) is 0 Å². The van der Waals surface area contributed by atoms with Crippen LogP contribution in [0.4, 0.5) is 0 Å². The fraction of sp³-hybridized carbons (Fsp3) is 0. The van der Waals surface area contributed by atoms with Gasteiger partial charge in [0, 0.05) is 0 Å². The first-order chi connectivity index (χ1) is 1.41. The maximum absolute atomic E-state index is 8.35. The van der Waals surface area contributed by atoms with Crippen LogP contribution in [0.5, 0.6) is 0 Å². The van der Waals surface area contributed by atoms with Gasteiger partial charge in [-0.1, -0.05) is 0 Å². The van der Waals surface area contributed by atoms with Crippen molar-refractivity contribution >= 4 is 23.1 Å². The Labute approximate surface area is 79.9 Å². The molecule has 72 valence electrons. The van der Waals surface area contributed by atoms with Crippen LogP contribution < -0.4 is 4.66 Å². The molecule has 0 aromatic heterocycles. The summed E-state index contributed by atoms with van der Waals surface area (Å²) in [7, 11) is 0. The molecule has 13 N–H and O–H groups in total. The molecular weight excluding hydrogens is 188 g/mol. The van der Waals surface area contributed by atoms with Crippen molar-refractivity contribution in [3.05, 3.63) is 0 Å². The molecule has 0 amide bonds. The van der Waals surface area contributed by atoms with Gasteiger partial charge in [0.1, 0.15) is 0 Å². The van der Waals surface area contributed by atoms with Crippen LogP contribution in [-0.2, 0) is 0 Å². The molecule has 0 fully saturated rings. The normalized spacial score (nSPS) is 1.80. The van der Waals surface area contributed by atoms with E-state index >= 15 is 0 Å². The molecule has 0 heterocycles. The Hall–Kier alpha value is 0.736. The molecule has 0 spiro atoms. The van der Waals surface area contributed by atoms with Crippen LogP contribution in [0.15, 0.2) is 0 Å². The summed E-state index contributed by atoms with van der Waals surface area (Å²) >= 11 is -0.167. The summed E-state index contributed by atoms with van der Waals surface area (Å²) in [4.78, 5) is 0. The molecule has 10 heteroatoms. The predicted molar refractivity (Wildman–Crippen MR) is 31.9 cm³/mol. The predicted octanol–water partition coefficient (Wildman–Crippen LogP) is -6.85. The third-order valence-corrected chi connectivity index (χ3v) is 0. The fourth-order valence-electron chi connectivity index (χ4n) is 0. The molecule has 10 heavy (non-hydrogen) atoms. The van der Waals surface area contributed by atoms with E-state index in [1.54, 1.807) is 0 Å². The Bertz CT molecular complexity index is 17.0. The van der Waals surface area contributed by atoms with Crippen molar-refractivity contribution < 1.29 is 56.4 Å². The second kappa shape index (κ2) is 247. The number of rotatable bonds is 0. The van der Waals surface area contributed by atoms with Crippen LogP contribution in [0.2, 0.25) is 0 Å². The zero-order chi connectivity index (χ0) is 2.71. The van der Waals surface area contributed by atoms with Crippen LogP contribution in [0.25, 0.3) is 0 Å². The van der Waals surface area contributed by atoms with Crippen molar-refractivity contribution in [3.63, 3.8) is 0 Å². The van der Waals surface area contributed by atoms with Crippen molar-refractivity contribution in [2.24, 2.45) is 0 Å². The molecule has 0 aliphatic carbocycles. The van der Waals surface area contributed by atoms with Crippen molar-refractivity contribution in [3.8, 4) is 0 Å². The summed E-state index contributed by atoms with van der Waals surface area (Å²) in [5.74, 6) is 0. The summed E-state index contributed by atoms with van der Waals surface area (Å²) in [6.07, 6.45) is 0. The van der Waals surface area contributed by atoms with Crippen molar-refractivity contribution in [2.75, 3.05) is 0 Å². The molecule has 0 bridgehead atoms. The molecule has 0 aliphatic rings. The Balaban J connectivity index is -0.000000000556. The zero-order valence-corrected chi connectivity index (χ0v) is 7.11. The fourth-order valence-corrected chi connectivity index (χ4v) is 0. The second-order valence-corrected chi connectivity index (χ2v) is 0.207. The largest absolute Gasteiger partial charge is 2.00 e. The van der Waals surface area contributed by atoms with Gasteiger partial charge >= 0.3 is 34.4 Å². The van der Waals surface area contributed by atoms with Gasteiger partial charge in [-0.2, -0.15) is 0 Å².